The van der Waals surface area contributed by atoms with E-state index in [4.69, 9.17) is 65.6 Å². The van der Waals surface area contributed by atoms with Crippen LogP contribution in [0.4, 0.5) is 45.2 Å². The lowest BCUT2D eigenvalue weighted by Gasteiger charge is -2.26. The molecule has 4 saturated heterocycles. The van der Waals surface area contributed by atoms with Crippen LogP contribution in [0.15, 0.2) is 189 Å². The van der Waals surface area contributed by atoms with Gasteiger partial charge in [-0.2, -0.15) is 18.7 Å². The summed E-state index contributed by atoms with van der Waals surface area (Å²) in [5, 5.41) is 47.7. The molecule has 145 heavy (non-hydrogen) atoms. The van der Waals surface area contributed by atoms with Crippen LogP contribution in [0, 0.1) is 70.6 Å². The van der Waals surface area contributed by atoms with Gasteiger partial charge in [0.05, 0.1) is 82.2 Å². The molecule has 43 heteroatoms. The number of ether oxygens (including phenoxy) is 9. The van der Waals surface area contributed by atoms with Crippen LogP contribution in [0.5, 0.6) is 28.7 Å². The van der Waals surface area contributed by atoms with Crippen molar-refractivity contribution in [3.05, 3.63) is 251 Å². The number of nitrogens with two attached hydrogens (primary N) is 4. The van der Waals surface area contributed by atoms with E-state index in [1.807, 2.05) is 66.7 Å². The number of tetrazole rings is 4. The van der Waals surface area contributed by atoms with Gasteiger partial charge in [0.25, 0.3) is 0 Å². The predicted octanol–water partition coefficient (Wildman–Crippen LogP) is 12.7. The van der Waals surface area contributed by atoms with E-state index >= 15 is 17.6 Å². The van der Waals surface area contributed by atoms with Gasteiger partial charge in [-0.05, 0) is 226 Å². The van der Waals surface area contributed by atoms with Gasteiger partial charge < -0.3 is 65.6 Å². The van der Waals surface area contributed by atoms with Gasteiger partial charge in [-0.1, -0.05) is 42.5 Å². The quantitative estimate of drug-likeness (QED) is 0.0316. The third kappa shape index (κ3) is 23.9. The zero-order chi connectivity index (χ0) is 101. The molecule has 0 atom stereocenters. The molecule has 20 rings (SSSR count). The molecule has 4 fully saturated rings. The second-order valence-electron chi connectivity index (χ2n) is 34.3. The first kappa shape index (κ1) is 101. The second kappa shape index (κ2) is 47.3. The molecule has 0 unspecified atom stereocenters. The maximum absolute atomic E-state index is 15.6. The van der Waals surface area contributed by atoms with E-state index in [1.54, 1.807) is 139 Å². The number of morpholine rings is 4. The zero-order valence-corrected chi connectivity index (χ0v) is 80.9. The van der Waals surface area contributed by atoms with Crippen molar-refractivity contribution in [1.29, 1.82) is 0 Å². The van der Waals surface area contributed by atoms with Crippen LogP contribution in [-0.2, 0) is 18.9 Å². The number of nitrogen functional groups attached to an aromatic ring is 4. The lowest BCUT2D eigenvalue weighted by Crippen LogP contribution is -2.38. The van der Waals surface area contributed by atoms with Gasteiger partial charge in [-0.3, -0.25) is 24.6 Å². The number of benzene rings is 7. The highest BCUT2D eigenvalue weighted by atomic mass is 19.1. The fourth-order valence-corrected chi connectivity index (χ4v) is 16.7. The van der Waals surface area contributed by atoms with Gasteiger partial charge in [0, 0.05) is 160 Å². The van der Waals surface area contributed by atoms with Crippen molar-refractivity contribution in [3.8, 4) is 142 Å². The largest absolute Gasteiger partial charge is 0.497 e. The molecule has 0 radical (unpaired) electrons. The number of methoxy groups -OCH3 is 1. The lowest BCUT2D eigenvalue weighted by molar-refractivity contribution is 0.0321. The van der Waals surface area contributed by atoms with Crippen LogP contribution in [0.3, 0.4) is 0 Å². The Morgan fingerprint density at radius 2 is 0.593 bits per heavy atom. The van der Waals surface area contributed by atoms with E-state index < -0.39 is 23.3 Å². The first-order valence-corrected chi connectivity index (χ1v) is 47.1. The first-order valence-electron chi connectivity index (χ1n) is 47.1. The molecule has 4 aliphatic rings. The molecule has 9 aromatic heterocycles. The highest BCUT2D eigenvalue weighted by Crippen LogP contribution is 2.40. The average molecular weight is 1980 g/mol. The SMILES string of the molecule is COc1ccc(-c2cnc(N)c(-c3nnnn3-c3ccc(OCCN4CCOCC4)c(C)c3F)c2)cc1.Cc1c(OCCN2CCOCC2)ccc(-n2nnnc2-c2cc(-c3ccc(F)cc3)cnc2N)c1F.Cc1c(OCCN2CCOCC2)ccc(-n2nnnc2-c2cc(-c3ccncc3)cnc2N)c1F.Cc1cccc(-c2cnc(N)c(-c3nnnn3-c3ccc(OCCN4CCOCC4)c(C)c3F)c2)c1C. The van der Waals surface area contributed by atoms with Crippen molar-refractivity contribution in [3.63, 3.8) is 0 Å². The Morgan fingerprint density at radius 3 is 0.897 bits per heavy atom. The van der Waals surface area contributed by atoms with Crippen LogP contribution < -0.4 is 46.6 Å². The topological polar surface area (TPSA) is 439 Å². The molecule has 13 heterocycles. The smallest absolute Gasteiger partial charge is 0.190 e. The number of aryl methyl sites for hydroxylation is 1. The molecule has 38 nitrogen and oxygen atoms in total. The minimum atomic E-state index is -0.506. The number of anilines is 4. The lowest BCUT2D eigenvalue weighted by atomic mass is 9.97. The molecule has 8 N–H and O–H groups in total. The van der Waals surface area contributed by atoms with Crippen molar-refractivity contribution >= 4 is 23.3 Å². The fraction of sp³-hybridized carbons (Fsp3) is 0.304. The van der Waals surface area contributed by atoms with Crippen LogP contribution in [0.25, 0.3) is 113 Å². The molecule has 0 amide bonds. The summed E-state index contributed by atoms with van der Waals surface area (Å²) in [5.74, 6) is 2.38. The molecule has 0 aliphatic carbocycles. The third-order valence-electron chi connectivity index (χ3n) is 25.3. The molecule has 0 spiro atoms. The summed E-state index contributed by atoms with van der Waals surface area (Å²) in [7, 11) is 1.61. The first-order chi connectivity index (χ1) is 70.6. The van der Waals surface area contributed by atoms with Crippen molar-refractivity contribution in [1.82, 2.24) is 125 Å². The highest BCUT2D eigenvalue weighted by Gasteiger charge is 2.29. The van der Waals surface area contributed by atoms with Crippen molar-refractivity contribution in [2.45, 2.75) is 41.5 Å². The zero-order valence-electron chi connectivity index (χ0n) is 80.9. The van der Waals surface area contributed by atoms with E-state index in [0.29, 0.717) is 119 Å². The van der Waals surface area contributed by atoms with Crippen LogP contribution in [0.1, 0.15) is 33.4 Å². The van der Waals surface area contributed by atoms with E-state index in [-0.39, 0.29) is 69.3 Å². The van der Waals surface area contributed by atoms with Gasteiger partial charge in [0.1, 0.15) is 107 Å². The van der Waals surface area contributed by atoms with Crippen molar-refractivity contribution in [2.24, 2.45) is 0 Å². The number of nitrogens with zero attached hydrogens (tertiary/aromatic N) is 25. The minimum Gasteiger partial charge on any atom is -0.497 e. The van der Waals surface area contributed by atoms with Gasteiger partial charge >= 0.3 is 0 Å². The second-order valence-corrected chi connectivity index (χ2v) is 34.3. The maximum Gasteiger partial charge on any atom is 0.190 e. The van der Waals surface area contributed by atoms with Crippen LogP contribution >= 0.6 is 0 Å². The number of hydrogen-bond donors (Lipinski definition) is 4. The minimum absolute atomic E-state index is 0.152. The summed E-state index contributed by atoms with van der Waals surface area (Å²) in [6.07, 6.45) is 10.0. The monoisotopic (exact) mass is 1980 g/mol. The number of halogens is 5. The Morgan fingerprint density at radius 1 is 0.310 bits per heavy atom. The number of rotatable bonds is 29. The van der Waals surface area contributed by atoms with E-state index in [0.717, 1.165) is 168 Å². The summed E-state index contributed by atoms with van der Waals surface area (Å²) in [6.45, 7) is 28.3. The molecule has 7 aromatic carbocycles. The molecule has 16 aromatic rings. The Bertz CT molecular complexity index is 7130. The fourth-order valence-electron chi connectivity index (χ4n) is 16.7. The Hall–Kier alpha value is -15.9. The number of pyridine rings is 5. The van der Waals surface area contributed by atoms with E-state index in [1.165, 1.54) is 36.4 Å². The Labute approximate surface area is 831 Å². The highest BCUT2D eigenvalue weighted by molar-refractivity contribution is 5.81. The standard InChI is InChI=1S/C27H30FN7O2.C26H28FN7O3.C25H25F2N7O2.C24H25FN8O2/c1-17-5-4-6-21(18(17)2)20-15-22(26(29)30-16-20)27-31-32-33-35(27)23-7-8-24(19(3)25(23)28)37-14-11-34-9-12-36-13-10-34;1-17-23(37-14-11-33-9-12-36-13-10-33)8-7-22(24(17)27)34-26(30-31-32-34)21-15-19(16-29-25(21)28)18-3-5-20(35-2)6-4-18;1-16-22(36-13-10-33-8-11-35-12-9-33)7-6-21(23(16)27)34-25(30-31-32-34)20-14-18(15-29-24(20)28)17-2-4-19(26)5-3-17;1-16-21(35-13-10-32-8-11-34-12-9-32)3-2-20(22(16)25)33-24(29-30-31-33)19-14-18(15-28-23(19)26)17-4-6-27-7-5-17/h4-8,15-16H,9-14H2,1-3H3,(H2,29,30);3-8,15-16H,9-14H2,1-2H3,(H2,28,29);2-7,14-15H,8-13H2,1H3,(H2,28,29);2-7,14-15H,8-13H2,1H3,(H2,26,28). The number of aromatic nitrogens is 21. The van der Waals surface area contributed by atoms with Gasteiger partial charge in [-0.25, -0.2) is 41.9 Å². The maximum atomic E-state index is 15.6. The van der Waals surface area contributed by atoms with Crippen molar-refractivity contribution < 1.29 is 64.6 Å². The van der Waals surface area contributed by atoms with Gasteiger partial charge in [0.2, 0.25) is 0 Å². The molecule has 750 valence electrons. The van der Waals surface area contributed by atoms with Gasteiger partial charge in [-0.15, -0.1) is 20.4 Å². The van der Waals surface area contributed by atoms with Crippen molar-refractivity contribution in [2.75, 3.05) is 188 Å². The Balaban J connectivity index is 0.000000132. The summed E-state index contributed by atoms with van der Waals surface area (Å²) in [5.41, 5.74) is 38.0. The number of hydrogen-bond acceptors (Lipinski definition) is 34. The van der Waals surface area contributed by atoms with Crippen LogP contribution in [-0.4, -0.2) is 290 Å². The summed E-state index contributed by atoms with van der Waals surface area (Å²) < 4.78 is 131. The third-order valence-corrected chi connectivity index (χ3v) is 25.3. The van der Waals surface area contributed by atoms with E-state index in [2.05, 4.69) is 127 Å². The molecule has 4 aliphatic heterocycles. The van der Waals surface area contributed by atoms with E-state index in [9.17, 15) is 4.39 Å². The average Bonchev–Trinajstić information content (AvgIpc) is 1.31. The van der Waals surface area contributed by atoms with Crippen LogP contribution in [0.2, 0.25) is 0 Å². The summed E-state index contributed by atoms with van der Waals surface area (Å²) >= 11 is 0. The molecule has 0 saturated carbocycles. The molecule has 0 bridgehead atoms. The summed E-state index contributed by atoms with van der Waals surface area (Å²) in [6, 6.07) is 43.9. The predicted molar refractivity (Wildman–Crippen MR) is 533 cm³/mol. The summed E-state index contributed by atoms with van der Waals surface area (Å²) in [4.78, 5) is 30.3. The molecular weight excluding hydrogens is 1870 g/mol. The van der Waals surface area contributed by atoms with Gasteiger partial charge in [0.15, 0.2) is 46.6 Å². The normalized spacial score (nSPS) is 14.2. The molecular formula is C102H108F5N29O9. The Kier molecular flexibility index (Phi) is 32.8.